The van der Waals surface area contributed by atoms with Gasteiger partial charge in [0.2, 0.25) is 0 Å². The molecule has 2 aliphatic rings. The van der Waals surface area contributed by atoms with Gasteiger partial charge in [0.15, 0.2) is 0 Å². The van der Waals surface area contributed by atoms with Gasteiger partial charge in [-0.2, -0.15) is 0 Å². The normalized spacial score (nSPS) is 22.5. The molecular weight excluding hydrogens is 212 g/mol. The highest BCUT2D eigenvalue weighted by Gasteiger charge is 2.28. The molecule has 4 heteroatoms. The van der Waals surface area contributed by atoms with E-state index in [1.54, 1.807) is 6.20 Å². The Morgan fingerprint density at radius 1 is 1.18 bits per heavy atom. The van der Waals surface area contributed by atoms with Crippen LogP contribution in [0.5, 0.6) is 0 Å². The molecule has 0 unspecified atom stereocenters. The number of aromatic nitrogens is 1. The Bertz CT molecular complexity index is 381. The lowest BCUT2D eigenvalue weighted by Crippen LogP contribution is -2.52. The van der Waals surface area contributed by atoms with E-state index in [1.807, 2.05) is 12.3 Å². The predicted octanol–water partition coefficient (Wildman–Crippen LogP) is 1.34. The Morgan fingerprint density at radius 2 is 1.94 bits per heavy atom. The predicted molar refractivity (Wildman–Crippen MR) is 70.1 cm³/mol. The van der Waals surface area contributed by atoms with Gasteiger partial charge in [-0.05, 0) is 18.9 Å². The van der Waals surface area contributed by atoms with Crippen LogP contribution >= 0.6 is 0 Å². The summed E-state index contributed by atoms with van der Waals surface area (Å²) in [4.78, 5) is 9.06. The lowest BCUT2D eigenvalue weighted by molar-refractivity contribution is 0.120. The first-order valence-corrected chi connectivity index (χ1v) is 6.53. The van der Waals surface area contributed by atoms with Crippen molar-refractivity contribution in [3.8, 4) is 0 Å². The average molecular weight is 232 g/mol. The van der Waals surface area contributed by atoms with Crippen LogP contribution in [0, 0.1) is 0 Å². The van der Waals surface area contributed by atoms with Crippen LogP contribution in [0.3, 0.4) is 0 Å². The molecule has 3 rings (SSSR count). The van der Waals surface area contributed by atoms with E-state index >= 15 is 0 Å². The largest absolute Gasteiger partial charge is 0.396 e. The Hall–Kier alpha value is -1.29. The van der Waals surface area contributed by atoms with E-state index in [-0.39, 0.29) is 0 Å². The van der Waals surface area contributed by atoms with E-state index in [4.69, 9.17) is 5.73 Å². The summed E-state index contributed by atoms with van der Waals surface area (Å²) in [5.74, 6) is 0. The number of hydrogen-bond donors (Lipinski definition) is 1. The van der Waals surface area contributed by atoms with Crippen LogP contribution in [0.25, 0.3) is 0 Å². The Labute approximate surface area is 102 Å². The number of nitrogen functional groups attached to an aromatic ring is 1. The molecule has 0 aromatic carbocycles. The number of anilines is 2. The summed E-state index contributed by atoms with van der Waals surface area (Å²) < 4.78 is 0. The monoisotopic (exact) mass is 232 g/mol. The smallest absolute Gasteiger partial charge is 0.0738 e. The van der Waals surface area contributed by atoms with Crippen LogP contribution < -0.4 is 10.6 Å². The highest BCUT2D eigenvalue weighted by atomic mass is 15.3. The molecule has 1 aliphatic carbocycles. The summed E-state index contributed by atoms with van der Waals surface area (Å²) in [7, 11) is 0. The zero-order chi connectivity index (χ0) is 11.7. The fourth-order valence-corrected chi connectivity index (χ4v) is 2.77. The van der Waals surface area contributed by atoms with Crippen molar-refractivity contribution in [2.45, 2.75) is 25.3 Å². The van der Waals surface area contributed by atoms with Crippen molar-refractivity contribution < 1.29 is 0 Å². The van der Waals surface area contributed by atoms with Crippen LogP contribution in [0.4, 0.5) is 11.4 Å². The molecule has 2 heterocycles. The highest BCUT2D eigenvalue weighted by Crippen LogP contribution is 2.28. The minimum atomic E-state index is 0.796. The number of nitrogens with two attached hydrogens (primary N) is 1. The second kappa shape index (κ2) is 4.53. The molecule has 1 aromatic heterocycles. The lowest BCUT2D eigenvalue weighted by atomic mass is 9.91. The topological polar surface area (TPSA) is 45.4 Å². The van der Waals surface area contributed by atoms with Gasteiger partial charge >= 0.3 is 0 Å². The fourth-order valence-electron chi connectivity index (χ4n) is 2.77. The van der Waals surface area contributed by atoms with Gasteiger partial charge < -0.3 is 10.6 Å². The minimum absolute atomic E-state index is 0.796. The summed E-state index contributed by atoms with van der Waals surface area (Å²) in [6.07, 6.45) is 7.79. The summed E-state index contributed by atoms with van der Waals surface area (Å²) in [6.45, 7) is 4.52. The maximum atomic E-state index is 5.97. The number of rotatable bonds is 2. The maximum Gasteiger partial charge on any atom is 0.0738 e. The van der Waals surface area contributed by atoms with Crippen molar-refractivity contribution in [2.24, 2.45) is 0 Å². The SMILES string of the molecule is Nc1cnccc1N1CCN(C2CCC2)CC1. The standard InChI is InChI=1S/C13H20N4/c14-12-10-15-5-4-13(12)17-8-6-16(7-9-17)11-2-1-3-11/h4-5,10-11H,1-3,6-9,14H2. The molecule has 2 N–H and O–H groups in total. The number of hydrogen-bond acceptors (Lipinski definition) is 4. The summed E-state index contributed by atoms with van der Waals surface area (Å²) in [6, 6.07) is 2.89. The quantitative estimate of drug-likeness (QED) is 0.836. The Morgan fingerprint density at radius 3 is 2.53 bits per heavy atom. The third-order valence-electron chi connectivity index (χ3n) is 4.07. The van der Waals surface area contributed by atoms with E-state index < -0.39 is 0 Å². The van der Waals surface area contributed by atoms with Crippen molar-refractivity contribution in [1.29, 1.82) is 0 Å². The van der Waals surface area contributed by atoms with Gasteiger partial charge in [-0.1, -0.05) is 6.42 Å². The van der Waals surface area contributed by atoms with Crippen molar-refractivity contribution in [3.05, 3.63) is 18.5 Å². The van der Waals surface area contributed by atoms with Gasteiger partial charge in [0, 0.05) is 38.4 Å². The Balaban J connectivity index is 1.63. The zero-order valence-electron chi connectivity index (χ0n) is 10.2. The van der Waals surface area contributed by atoms with Gasteiger partial charge in [0.05, 0.1) is 17.6 Å². The summed E-state index contributed by atoms with van der Waals surface area (Å²) in [5, 5.41) is 0. The van der Waals surface area contributed by atoms with Gasteiger partial charge in [0.1, 0.15) is 0 Å². The average Bonchev–Trinajstić information content (AvgIpc) is 2.29. The molecule has 0 radical (unpaired) electrons. The Kier molecular flexibility index (Phi) is 2.89. The van der Waals surface area contributed by atoms with Crippen LogP contribution in [0.1, 0.15) is 19.3 Å². The van der Waals surface area contributed by atoms with E-state index in [2.05, 4.69) is 14.8 Å². The molecular formula is C13H20N4. The molecule has 1 saturated carbocycles. The second-order valence-corrected chi connectivity index (χ2v) is 5.04. The molecule has 2 fully saturated rings. The molecule has 17 heavy (non-hydrogen) atoms. The lowest BCUT2D eigenvalue weighted by Gasteiger charge is -2.43. The molecule has 1 aliphatic heterocycles. The molecule has 1 saturated heterocycles. The first kappa shape index (κ1) is 10.8. The molecule has 0 atom stereocenters. The van der Waals surface area contributed by atoms with Crippen LogP contribution in [-0.2, 0) is 0 Å². The van der Waals surface area contributed by atoms with Crippen molar-refractivity contribution in [3.63, 3.8) is 0 Å². The number of nitrogens with zero attached hydrogens (tertiary/aromatic N) is 3. The van der Waals surface area contributed by atoms with E-state index in [0.717, 1.165) is 30.5 Å². The van der Waals surface area contributed by atoms with Crippen LogP contribution in [0.2, 0.25) is 0 Å². The molecule has 92 valence electrons. The molecule has 0 bridgehead atoms. The van der Waals surface area contributed by atoms with Crippen LogP contribution in [-0.4, -0.2) is 42.1 Å². The summed E-state index contributed by atoms with van der Waals surface area (Å²) >= 11 is 0. The summed E-state index contributed by atoms with van der Waals surface area (Å²) in [5.41, 5.74) is 7.91. The number of pyridine rings is 1. The first-order valence-electron chi connectivity index (χ1n) is 6.53. The maximum absolute atomic E-state index is 5.97. The van der Waals surface area contributed by atoms with E-state index in [0.29, 0.717) is 0 Å². The number of piperazine rings is 1. The molecule has 4 nitrogen and oxygen atoms in total. The molecule has 1 aromatic rings. The fraction of sp³-hybridized carbons (Fsp3) is 0.615. The van der Waals surface area contributed by atoms with E-state index in [1.165, 1.54) is 32.4 Å². The van der Waals surface area contributed by atoms with Crippen molar-refractivity contribution in [2.75, 3.05) is 36.8 Å². The third-order valence-corrected chi connectivity index (χ3v) is 4.07. The van der Waals surface area contributed by atoms with E-state index in [9.17, 15) is 0 Å². The third kappa shape index (κ3) is 2.09. The second-order valence-electron chi connectivity index (χ2n) is 5.04. The zero-order valence-corrected chi connectivity index (χ0v) is 10.2. The van der Waals surface area contributed by atoms with Crippen molar-refractivity contribution >= 4 is 11.4 Å². The van der Waals surface area contributed by atoms with Gasteiger partial charge in [-0.3, -0.25) is 9.88 Å². The minimum Gasteiger partial charge on any atom is -0.396 e. The molecule has 0 spiro atoms. The van der Waals surface area contributed by atoms with Crippen LogP contribution in [0.15, 0.2) is 18.5 Å². The molecule has 0 amide bonds. The van der Waals surface area contributed by atoms with Gasteiger partial charge in [0.25, 0.3) is 0 Å². The highest BCUT2D eigenvalue weighted by molar-refractivity contribution is 5.66. The first-order chi connectivity index (χ1) is 8.34. The van der Waals surface area contributed by atoms with Crippen molar-refractivity contribution in [1.82, 2.24) is 9.88 Å². The van der Waals surface area contributed by atoms with Gasteiger partial charge in [-0.25, -0.2) is 0 Å². The van der Waals surface area contributed by atoms with Gasteiger partial charge in [-0.15, -0.1) is 0 Å².